The molecule has 0 aliphatic carbocycles. The van der Waals surface area contributed by atoms with Crippen LogP contribution in [0.25, 0.3) is 22.0 Å². The Labute approximate surface area is 248 Å². The lowest BCUT2D eigenvalue weighted by molar-refractivity contribution is 0.0728. The first-order chi connectivity index (χ1) is 20.4. The van der Waals surface area contributed by atoms with Gasteiger partial charge in [-0.15, -0.1) is 0 Å². The van der Waals surface area contributed by atoms with Crippen molar-refractivity contribution in [2.75, 3.05) is 25.6 Å². The maximum absolute atomic E-state index is 13.4. The fourth-order valence-corrected chi connectivity index (χ4v) is 4.71. The van der Waals surface area contributed by atoms with Crippen LogP contribution in [-0.4, -0.2) is 43.8 Å². The highest BCUT2D eigenvalue weighted by Gasteiger charge is 2.21. The number of fused-ring (bicyclic) bond motifs is 1. The van der Waals surface area contributed by atoms with Crippen LogP contribution in [0.4, 0.5) is 5.69 Å². The largest absolute Gasteiger partial charge is 0.490 e. The van der Waals surface area contributed by atoms with Gasteiger partial charge in [0.1, 0.15) is 5.69 Å². The zero-order valence-electron chi connectivity index (χ0n) is 23.4. The van der Waals surface area contributed by atoms with E-state index in [2.05, 4.69) is 15.5 Å². The summed E-state index contributed by atoms with van der Waals surface area (Å²) in [6.07, 6.45) is 1.49. The monoisotopic (exact) mass is 580 g/mol. The lowest BCUT2D eigenvalue weighted by Crippen LogP contribution is -2.19. The van der Waals surface area contributed by atoms with Crippen molar-refractivity contribution in [3.63, 3.8) is 0 Å². The van der Waals surface area contributed by atoms with Crippen LogP contribution < -0.4 is 19.8 Å². The molecule has 0 radical (unpaired) electrons. The number of carbonyl (C=O) groups excluding carboxylic acids is 2. The second-order valence-corrected chi connectivity index (χ2v) is 9.98. The number of nitrogens with zero attached hydrogens (tertiary/aromatic N) is 2. The number of benzene rings is 4. The van der Waals surface area contributed by atoms with Crippen molar-refractivity contribution in [3.05, 3.63) is 113 Å². The van der Waals surface area contributed by atoms with Crippen molar-refractivity contribution in [3.8, 4) is 22.6 Å². The van der Waals surface area contributed by atoms with Crippen molar-refractivity contribution in [2.24, 2.45) is 5.10 Å². The summed E-state index contributed by atoms with van der Waals surface area (Å²) in [4.78, 5) is 31.2. The number of nitrogens with one attached hydrogen (secondary N) is 2. The summed E-state index contributed by atoms with van der Waals surface area (Å²) in [6, 6.07) is 27.1. The molecule has 1 heterocycles. The fraction of sp³-hybridized carbons (Fsp3) is 0.121. The van der Waals surface area contributed by atoms with Gasteiger partial charge in [0.05, 0.1) is 18.4 Å². The molecule has 8 nitrogen and oxygen atoms in total. The first kappa shape index (κ1) is 28.4. The topological polar surface area (TPSA) is 96.0 Å². The summed E-state index contributed by atoms with van der Waals surface area (Å²) in [5.41, 5.74) is 7.23. The number of hydrogen-bond donors (Lipinski definition) is 2. The molecule has 1 amide bonds. The summed E-state index contributed by atoms with van der Waals surface area (Å²) < 4.78 is 11.3. The van der Waals surface area contributed by atoms with Gasteiger partial charge < -0.3 is 19.4 Å². The number of esters is 1. The van der Waals surface area contributed by atoms with Gasteiger partial charge in [0.25, 0.3) is 5.91 Å². The first-order valence-corrected chi connectivity index (χ1v) is 13.7. The average Bonchev–Trinajstić information content (AvgIpc) is 3.38. The van der Waals surface area contributed by atoms with Crippen LogP contribution in [0.1, 0.15) is 33.3 Å². The molecule has 2 N–H and O–H groups in total. The highest BCUT2D eigenvalue weighted by Crippen LogP contribution is 2.38. The molecule has 0 aliphatic heterocycles. The molecule has 4 aromatic carbocycles. The SMILES string of the molecule is CCOc1cc(C=NNC(=O)c2[nH]c3ccc(N(C)C)cc3c2-c2ccccc2Cl)ccc1OC(=O)c1ccccc1. The van der Waals surface area contributed by atoms with E-state index in [0.29, 0.717) is 39.8 Å². The molecule has 0 atom stereocenters. The Bertz CT molecular complexity index is 1780. The second-order valence-electron chi connectivity index (χ2n) is 9.57. The summed E-state index contributed by atoms with van der Waals surface area (Å²) in [5, 5.41) is 5.58. The minimum atomic E-state index is -0.490. The van der Waals surface area contributed by atoms with Crippen molar-refractivity contribution >= 4 is 46.3 Å². The number of ether oxygens (including phenoxy) is 2. The van der Waals surface area contributed by atoms with Gasteiger partial charge in [0, 0.05) is 46.8 Å². The van der Waals surface area contributed by atoms with Gasteiger partial charge in [0.15, 0.2) is 11.5 Å². The fourth-order valence-electron chi connectivity index (χ4n) is 4.48. The number of aromatic amines is 1. The molecule has 0 unspecified atom stereocenters. The van der Waals surface area contributed by atoms with Gasteiger partial charge in [-0.1, -0.05) is 48.0 Å². The predicted octanol–water partition coefficient (Wildman–Crippen LogP) is 6.94. The van der Waals surface area contributed by atoms with Crippen LogP contribution in [-0.2, 0) is 0 Å². The molecule has 212 valence electrons. The van der Waals surface area contributed by atoms with E-state index in [1.807, 2.05) is 68.4 Å². The number of carbonyl (C=O) groups is 2. The van der Waals surface area contributed by atoms with Crippen molar-refractivity contribution in [1.29, 1.82) is 0 Å². The predicted molar refractivity (Wildman–Crippen MR) is 167 cm³/mol. The summed E-state index contributed by atoms with van der Waals surface area (Å²) >= 11 is 6.57. The molecule has 0 spiro atoms. The maximum atomic E-state index is 13.4. The van der Waals surface area contributed by atoms with Crippen molar-refractivity contribution < 1.29 is 19.1 Å². The normalized spacial score (nSPS) is 11.0. The quantitative estimate of drug-likeness (QED) is 0.0852. The number of hydrazone groups is 1. The molecular formula is C33H29ClN4O4. The molecule has 5 aromatic rings. The number of hydrogen-bond acceptors (Lipinski definition) is 6. The number of H-pyrrole nitrogens is 1. The number of rotatable bonds is 9. The molecule has 1 aromatic heterocycles. The molecule has 0 bridgehead atoms. The lowest BCUT2D eigenvalue weighted by Gasteiger charge is -2.13. The van der Waals surface area contributed by atoms with Crippen LogP contribution in [0, 0.1) is 0 Å². The van der Waals surface area contributed by atoms with Crippen LogP contribution in [0.5, 0.6) is 11.5 Å². The molecule has 0 saturated heterocycles. The molecule has 0 fully saturated rings. The minimum absolute atomic E-state index is 0.284. The zero-order chi connectivity index (χ0) is 29.6. The first-order valence-electron chi connectivity index (χ1n) is 13.3. The summed E-state index contributed by atoms with van der Waals surface area (Å²) in [5.74, 6) is -0.255. The van der Waals surface area contributed by atoms with Crippen LogP contribution >= 0.6 is 11.6 Å². The van der Waals surface area contributed by atoms with Gasteiger partial charge in [-0.05, 0) is 67.1 Å². The van der Waals surface area contributed by atoms with Gasteiger partial charge >= 0.3 is 5.97 Å². The van der Waals surface area contributed by atoms with Gasteiger partial charge in [0.2, 0.25) is 0 Å². The van der Waals surface area contributed by atoms with E-state index in [9.17, 15) is 9.59 Å². The highest BCUT2D eigenvalue weighted by molar-refractivity contribution is 6.34. The second kappa shape index (κ2) is 12.6. The van der Waals surface area contributed by atoms with Crippen LogP contribution in [0.15, 0.2) is 96.1 Å². The van der Waals surface area contributed by atoms with Gasteiger partial charge in [-0.25, -0.2) is 10.2 Å². The molecule has 42 heavy (non-hydrogen) atoms. The Morgan fingerprint density at radius 1 is 0.952 bits per heavy atom. The lowest BCUT2D eigenvalue weighted by atomic mass is 10.0. The minimum Gasteiger partial charge on any atom is -0.490 e. The molecule has 5 rings (SSSR count). The van der Waals surface area contributed by atoms with E-state index in [0.717, 1.165) is 22.2 Å². The van der Waals surface area contributed by atoms with Crippen LogP contribution in [0.2, 0.25) is 5.02 Å². The zero-order valence-corrected chi connectivity index (χ0v) is 24.1. The van der Waals surface area contributed by atoms with Gasteiger partial charge in [-0.2, -0.15) is 5.10 Å². The number of amides is 1. The third-order valence-corrected chi connectivity index (χ3v) is 6.86. The summed E-state index contributed by atoms with van der Waals surface area (Å²) in [6.45, 7) is 2.20. The third kappa shape index (κ3) is 6.14. The van der Waals surface area contributed by atoms with Crippen molar-refractivity contribution in [2.45, 2.75) is 6.92 Å². The standard InChI is InChI=1S/C33H29ClN4O4/c1-4-41-29-18-21(14-17-28(29)42-33(40)22-10-6-5-7-11-22)20-35-37-32(39)31-30(24-12-8-9-13-26(24)34)25-19-23(38(2)3)15-16-27(25)36-31/h5-20,36H,4H2,1-3H3,(H,37,39). The van der Waals surface area contributed by atoms with E-state index >= 15 is 0 Å². The molecule has 0 aliphatic rings. The van der Waals surface area contributed by atoms with E-state index in [-0.39, 0.29) is 5.75 Å². The number of aromatic nitrogens is 1. The molecule has 0 saturated carbocycles. The molecule has 9 heteroatoms. The smallest absolute Gasteiger partial charge is 0.343 e. The van der Waals surface area contributed by atoms with E-state index in [4.69, 9.17) is 21.1 Å². The average molecular weight is 581 g/mol. The maximum Gasteiger partial charge on any atom is 0.343 e. The Morgan fingerprint density at radius 3 is 2.45 bits per heavy atom. The van der Waals surface area contributed by atoms with Gasteiger partial charge in [-0.3, -0.25) is 4.79 Å². The summed E-state index contributed by atoms with van der Waals surface area (Å²) in [7, 11) is 3.92. The highest BCUT2D eigenvalue weighted by atomic mass is 35.5. The van der Waals surface area contributed by atoms with Crippen LogP contribution in [0.3, 0.4) is 0 Å². The Kier molecular flexibility index (Phi) is 8.55. The Hall–Kier alpha value is -5.08. The van der Waals surface area contributed by atoms with E-state index in [1.165, 1.54) is 6.21 Å². The van der Waals surface area contributed by atoms with E-state index < -0.39 is 11.9 Å². The third-order valence-electron chi connectivity index (χ3n) is 6.53. The Balaban J connectivity index is 1.40. The van der Waals surface area contributed by atoms with Crippen molar-refractivity contribution in [1.82, 2.24) is 10.4 Å². The Morgan fingerprint density at radius 2 is 1.71 bits per heavy atom. The van der Waals surface area contributed by atoms with E-state index in [1.54, 1.807) is 48.5 Å². The number of halogens is 1. The molecular weight excluding hydrogens is 552 g/mol. The number of anilines is 1.